The van der Waals surface area contributed by atoms with Crippen LogP contribution in [0.3, 0.4) is 0 Å². The van der Waals surface area contributed by atoms with Gasteiger partial charge in [-0.1, -0.05) is 26.0 Å². The summed E-state index contributed by atoms with van der Waals surface area (Å²) < 4.78 is 5.12. The number of urea groups is 1. The number of imide groups is 1. The molecule has 0 aliphatic carbocycles. The van der Waals surface area contributed by atoms with E-state index in [1.54, 1.807) is 31.2 Å². The maximum Gasteiger partial charge on any atom is 0.325 e. The lowest BCUT2D eigenvalue weighted by Crippen LogP contribution is -2.46. The summed E-state index contributed by atoms with van der Waals surface area (Å²) in [6, 6.07) is 6.19. The van der Waals surface area contributed by atoms with E-state index in [-0.39, 0.29) is 12.5 Å². The summed E-state index contributed by atoms with van der Waals surface area (Å²) in [5, 5.41) is 7.75. The summed E-state index contributed by atoms with van der Waals surface area (Å²) in [6.07, 6.45) is 1.11. The normalized spacial score (nSPS) is 18.6. The largest absolute Gasteiger partial charge is 0.497 e. The van der Waals surface area contributed by atoms with Crippen LogP contribution in [0.2, 0.25) is 0 Å². The number of amides is 5. The number of nitrogens with zero attached hydrogens (tertiary/aromatic N) is 1. The first-order valence-electron chi connectivity index (χ1n) is 9.20. The van der Waals surface area contributed by atoms with Crippen molar-refractivity contribution >= 4 is 23.8 Å². The number of nitrogens with one attached hydrogen (secondary N) is 3. The number of hydrogen-bond donors (Lipinski definition) is 3. The molecule has 0 spiro atoms. The van der Waals surface area contributed by atoms with Crippen molar-refractivity contribution < 1.29 is 23.9 Å². The van der Waals surface area contributed by atoms with E-state index >= 15 is 0 Å². The highest BCUT2D eigenvalue weighted by atomic mass is 16.5. The fraction of sp³-hybridized carbons (Fsp3) is 0.474. The first-order chi connectivity index (χ1) is 13.4. The number of benzene rings is 1. The van der Waals surface area contributed by atoms with Crippen LogP contribution < -0.4 is 20.7 Å². The van der Waals surface area contributed by atoms with Gasteiger partial charge in [-0.3, -0.25) is 19.3 Å². The second-order valence-electron chi connectivity index (χ2n) is 6.44. The second kappa shape index (κ2) is 9.20. The molecular weight excluding hydrogens is 364 g/mol. The van der Waals surface area contributed by atoms with E-state index in [1.165, 1.54) is 7.11 Å². The lowest BCUT2D eigenvalue weighted by molar-refractivity contribution is -0.135. The maximum atomic E-state index is 13.0. The molecule has 0 radical (unpaired) electrons. The van der Waals surface area contributed by atoms with Gasteiger partial charge < -0.3 is 20.7 Å². The standard InChI is InChI=1S/C19H26N4O5/c1-4-10-20-15(24)11-21-16(25)12-23-17(26)19(5-2,22-18(23)27)13-6-8-14(28-3)9-7-13/h6-9H,4-5,10-12H2,1-3H3,(H,20,24)(H,21,25)(H,22,27)/t19-/m0/s1. The molecular formula is C19H26N4O5. The molecule has 1 saturated heterocycles. The topological polar surface area (TPSA) is 117 Å². The summed E-state index contributed by atoms with van der Waals surface area (Å²) in [7, 11) is 1.54. The minimum Gasteiger partial charge on any atom is -0.497 e. The van der Waals surface area contributed by atoms with Crippen molar-refractivity contribution in [3.8, 4) is 5.75 Å². The molecule has 3 N–H and O–H groups in total. The molecule has 0 saturated carbocycles. The maximum absolute atomic E-state index is 13.0. The van der Waals surface area contributed by atoms with Crippen molar-refractivity contribution in [1.29, 1.82) is 0 Å². The Morgan fingerprint density at radius 3 is 2.36 bits per heavy atom. The van der Waals surface area contributed by atoms with Crippen molar-refractivity contribution in [2.24, 2.45) is 0 Å². The minimum atomic E-state index is -1.23. The highest BCUT2D eigenvalue weighted by Crippen LogP contribution is 2.33. The Kier molecular flexibility index (Phi) is 6.97. The third-order valence-electron chi connectivity index (χ3n) is 4.61. The van der Waals surface area contributed by atoms with Gasteiger partial charge in [-0.25, -0.2) is 4.79 Å². The smallest absolute Gasteiger partial charge is 0.325 e. The Balaban J connectivity index is 2.06. The zero-order valence-electron chi connectivity index (χ0n) is 16.3. The van der Waals surface area contributed by atoms with Crippen molar-refractivity contribution in [2.75, 3.05) is 26.7 Å². The summed E-state index contributed by atoms with van der Waals surface area (Å²) in [5.74, 6) is -0.787. The highest BCUT2D eigenvalue weighted by Gasteiger charge is 2.51. The van der Waals surface area contributed by atoms with Crippen molar-refractivity contribution in [3.63, 3.8) is 0 Å². The van der Waals surface area contributed by atoms with E-state index < -0.39 is 29.9 Å². The molecule has 152 valence electrons. The SMILES string of the molecule is CCCNC(=O)CNC(=O)CN1C(=O)N[C@@](CC)(c2ccc(OC)cc2)C1=O. The quantitative estimate of drug-likeness (QED) is 0.531. The number of carbonyl (C=O) groups is 4. The van der Waals surface area contributed by atoms with Gasteiger partial charge in [0.1, 0.15) is 17.8 Å². The van der Waals surface area contributed by atoms with Crippen LogP contribution in [0.15, 0.2) is 24.3 Å². The molecule has 0 unspecified atom stereocenters. The molecule has 1 heterocycles. The van der Waals surface area contributed by atoms with E-state index in [4.69, 9.17) is 4.74 Å². The lowest BCUT2D eigenvalue weighted by Gasteiger charge is -2.26. The first kappa shape index (κ1) is 21.2. The summed E-state index contributed by atoms with van der Waals surface area (Å²) in [6.45, 7) is 3.55. The van der Waals surface area contributed by atoms with E-state index in [2.05, 4.69) is 16.0 Å². The van der Waals surface area contributed by atoms with Gasteiger partial charge in [0.2, 0.25) is 11.8 Å². The summed E-state index contributed by atoms with van der Waals surface area (Å²) in [5.41, 5.74) is -0.627. The van der Waals surface area contributed by atoms with Gasteiger partial charge in [0, 0.05) is 6.54 Å². The number of rotatable bonds is 9. The van der Waals surface area contributed by atoms with E-state index in [1.807, 2.05) is 6.92 Å². The average molecular weight is 390 g/mol. The molecule has 0 bridgehead atoms. The third-order valence-corrected chi connectivity index (χ3v) is 4.61. The van der Waals surface area contributed by atoms with Gasteiger partial charge >= 0.3 is 6.03 Å². The van der Waals surface area contributed by atoms with Crippen molar-refractivity contribution in [3.05, 3.63) is 29.8 Å². The van der Waals surface area contributed by atoms with Gasteiger partial charge in [0.25, 0.3) is 5.91 Å². The zero-order valence-corrected chi connectivity index (χ0v) is 16.3. The Morgan fingerprint density at radius 2 is 1.79 bits per heavy atom. The molecule has 1 fully saturated rings. The van der Waals surface area contributed by atoms with E-state index in [0.717, 1.165) is 11.3 Å². The summed E-state index contributed by atoms with van der Waals surface area (Å²) >= 11 is 0. The molecule has 9 nitrogen and oxygen atoms in total. The number of carbonyl (C=O) groups excluding carboxylic acids is 4. The Hall–Kier alpha value is -3.10. The van der Waals surface area contributed by atoms with Gasteiger partial charge in [-0.15, -0.1) is 0 Å². The molecule has 0 aromatic heterocycles. The Bertz CT molecular complexity index is 749. The van der Waals surface area contributed by atoms with Crippen LogP contribution >= 0.6 is 0 Å². The van der Waals surface area contributed by atoms with E-state index in [9.17, 15) is 19.2 Å². The first-order valence-corrected chi connectivity index (χ1v) is 9.20. The summed E-state index contributed by atoms with van der Waals surface area (Å²) in [4.78, 5) is 49.9. The van der Waals surface area contributed by atoms with Crippen LogP contribution in [0.1, 0.15) is 32.3 Å². The molecule has 28 heavy (non-hydrogen) atoms. The van der Waals surface area contributed by atoms with Crippen LogP contribution in [0, 0.1) is 0 Å². The Morgan fingerprint density at radius 1 is 1.11 bits per heavy atom. The minimum absolute atomic E-state index is 0.208. The molecule has 1 aromatic carbocycles. The highest BCUT2D eigenvalue weighted by molar-refractivity contribution is 6.09. The Labute approximate surface area is 163 Å². The fourth-order valence-corrected chi connectivity index (χ4v) is 2.99. The van der Waals surface area contributed by atoms with Crippen LogP contribution in [0.4, 0.5) is 4.79 Å². The molecule has 1 aromatic rings. The number of methoxy groups -OCH3 is 1. The van der Waals surface area contributed by atoms with Crippen molar-refractivity contribution in [1.82, 2.24) is 20.9 Å². The van der Waals surface area contributed by atoms with Crippen LogP contribution in [0.25, 0.3) is 0 Å². The molecule has 1 aliphatic rings. The molecule has 1 atom stereocenters. The predicted octanol–water partition coefficient (Wildman–Crippen LogP) is 0.495. The number of ether oxygens (including phenoxy) is 1. The second-order valence-corrected chi connectivity index (χ2v) is 6.44. The molecule has 9 heteroatoms. The molecule has 2 rings (SSSR count). The third kappa shape index (κ3) is 4.41. The molecule has 1 aliphatic heterocycles. The zero-order chi connectivity index (χ0) is 20.7. The van der Waals surface area contributed by atoms with Gasteiger partial charge in [-0.2, -0.15) is 0 Å². The van der Waals surface area contributed by atoms with Crippen LogP contribution in [-0.4, -0.2) is 55.4 Å². The van der Waals surface area contributed by atoms with Crippen LogP contribution in [0.5, 0.6) is 5.75 Å². The average Bonchev–Trinajstić information content (AvgIpc) is 2.95. The van der Waals surface area contributed by atoms with Crippen LogP contribution in [-0.2, 0) is 19.9 Å². The fourth-order valence-electron chi connectivity index (χ4n) is 2.99. The van der Waals surface area contributed by atoms with Gasteiger partial charge in [-0.05, 0) is 30.5 Å². The van der Waals surface area contributed by atoms with E-state index in [0.29, 0.717) is 24.3 Å². The van der Waals surface area contributed by atoms with Gasteiger partial charge in [0.15, 0.2) is 0 Å². The number of hydrogen-bond acceptors (Lipinski definition) is 5. The molecule has 5 amide bonds. The van der Waals surface area contributed by atoms with Gasteiger partial charge in [0.05, 0.1) is 13.7 Å². The van der Waals surface area contributed by atoms with Crippen molar-refractivity contribution in [2.45, 2.75) is 32.2 Å². The predicted molar refractivity (Wildman–Crippen MR) is 102 cm³/mol. The lowest BCUT2D eigenvalue weighted by atomic mass is 9.87. The monoisotopic (exact) mass is 390 g/mol.